The smallest absolute Gasteiger partial charge is 0.165 e. The van der Waals surface area contributed by atoms with Gasteiger partial charge in [-0.15, -0.1) is 0 Å². The van der Waals surface area contributed by atoms with Crippen LogP contribution in [-0.4, -0.2) is 34.0 Å². The summed E-state index contributed by atoms with van der Waals surface area (Å²) in [5.74, 6) is 4.37. The first-order valence-electron chi connectivity index (χ1n) is 5.39. The molecule has 1 fully saturated rings. The molecule has 2 heterocycles. The third kappa shape index (κ3) is 3.45. The second kappa shape index (κ2) is 6.03. The average Bonchev–Trinajstić information content (AvgIpc) is 2.39. The number of nitrogens with zero attached hydrogens (tertiary/aromatic N) is 2. The lowest BCUT2D eigenvalue weighted by molar-refractivity contribution is 0.992. The molecule has 0 bridgehead atoms. The van der Waals surface area contributed by atoms with E-state index in [0.717, 1.165) is 12.4 Å². The number of nitrogens with two attached hydrogens (primary N) is 1. The summed E-state index contributed by atoms with van der Waals surface area (Å²) in [4.78, 5) is 4.16. The van der Waals surface area contributed by atoms with Crippen LogP contribution in [0, 0.1) is 11.3 Å². The minimum absolute atomic E-state index is 0.292. The Balaban J connectivity index is 1.92. The van der Waals surface area contributed by atoms with E-state index in [2.05, 4.69) is 10.3 Å². The normalized spacial score (nSPS) is 19.6. The highest BCUT2D eigenvalue weighted by Gasteiger charge is 2.14. The molecule has 1 atom stereocenters. The number of nitrogen functional groups attached to an aromatic ring is 1. The lowest BCUT2D eigenvalue weighted by Crippen LogP contribution is -2.23. The molecule has 3 N–H and O–H groups in total. The van der Waals surface area contributed by atoms with Gasteiger partial charge in [-0.1, -0.05) is 0 Å². The molecular formula is C11H14N4S2. The van der Waals surface area contributed by atoms with Gasteiger partial charge in [0.05, 0.1) is 5.69 Å². The highest BCUT2D eigenvalue weighted by Crippen LogP contribution is 2.24. The molecule has 4 nitrogen and oxygen atoms in total. The van der Waals surface area contributed by atoms with E-state index in [1.807, 2.05) is 35.7 Å². The summed E-state index contributed by atoms with van der Waals surface area (Å²) in [7, 11) is 0. The van der Waals surface area contributed by atoms with Gasteiger partial charge in [0, 0.05) is 29.1 Å². The van der Waals surface area contributed by atoms with E-state index in [1.54, 1.807) is 6.07 Å². The van der Waals surface area contributed by atoms with Gasteiger partial charge >= 0.3 is 0 Å². The van der Waals surface area contributed by atoms with Crippen LogP contribution in [0.5, 0.6) is 0 Å². The number of nitrogens with one attached hydrogen (secondary N) is 1. The first-order chi connectivity index (χ1) is 8.29. The standard InChI is InChI=1S/C11H14N4S2/c12-5-10-9(13)1-2-11(15-10)14-6-8-7-16-3-4-17-8/h1-2,8H,3-4,6-7,13H2,(H,14,15). The van der Waals surface area contributed by atoms with Crippen LogP contribution in [0.4, 0.5) is 11.5 Å². The van der Waals surface area contributed by atoms with E-state index >= 15 is 0 Å². The quantitative estimate of drug-likeness (QED) is 0.869. The van der Waals surface area contributed by atoms with E-state index in [-0.39, 0.29) is 0 Å². The van der Waals surface area contributed by atoms with E-state index in [1.165, 1.54) is 17.3 Å². The van der Waals surface area contributed by atoms with E-state index < -0.39 is 0 Å². The summed E-state index contributed by atoms with van der Waals surface area (Å²) >= 11 is 3.99. The Hall–Kier alpha value is -1.06. The van der Waals surface area contributed by atoms with Gasteiger partial charge in [0.15, 0.2) is 5.69 Å². The number of pyridine rings is 1. The molecule has 6 heteroatoms. The summed E-state index contributed by atoms with van der Waals surface area (Å²) in [6.07, 6.45) is 0. The van der Waals surface area contributed by atoms with Gasteiger partial charge in [-0.05, 0) is 12.1 Å². The van der Waals surface area contributed by atoms with Crippen molar-refractivity contribution in [2.24, 2.45) is 0 Å². The summed E-state index contributed by atoms with van der Waals surface area (Å²) in [6, 6.07) is 5.52. The molecule has 1 aliphatic rings. The highest BCUT2D eigenvalue weighted by atomic mass is 32.2. The van der Waals surface area contributed by atoms with Gasteiger partial charge in [-0.25, -0.2) is 4.98 Å². The summed E-state index contributed by atoms with van der Waals surface area (Å²) in [6.45, 7) is 0.888. The minimum Gasteiger partial charge on any atom is -0.396 e. The molecule has 0 aromatic carbocycles. The zero-order chi connectivity index (χ0) is 12.1. The third-order valence-electron chi connectivity index (χ3n) is 2.43. The van der Waals surface area contributed by atoms with Crippen molar-refractivity contribution in [3.8, 4) is 6.07 Å². The predicted molar refractivity (Wildman–Crippen MR) is 75.4 cm³/mol. The molecule has 0 aliphatic carbocycles. The van der Waals surface area contributed by atoms with Crippen LogP contribution in [0.1, 0.15) is 5.69 Å². The number of hydrogen-bond acceptors (Lipinski definition) is 6. The van der Waals surface area contributed by atoms with Gasteiger partial charge in [0.1, 0.15) is 11.9 Å². The number of thioether (sulfide) groups is 2. The Morgan fingerprint density at radius 3 is 3.12 bits per heavy atom. The molecule has 1 unspecified atom stereocenters. The van der Waals surface area contributed by atoms with Crippen molar-refractivity contribution in [2.45, 2.75) is 5.25 Å². The van der Waals surface area contributed by atoms with Crippen molar-refractivity contribution in [1.29, 1.82) is 5.26 Å². The Bertz CT molecular complexity index is 424. The number of hydrogen-bond donors (Lipinski definition) is 2. The molecule has 2 rings (SSSR count). The fourth-order valence-electron chi connectivity index (χ4n) is 1.53. The molecular weight excluding hydrogens is 252 g/mol. The van der Waals surface area contributed by atoms with Crippen LogP contribution in [0.2, 0.25) is 0 Å². The lowest BCUT2D eigenvalue weighted by Gasteiger charge is -2.21. The largest absolute Gasteiger partial charge is 0.396 e. The van der Waals surface area contributed by atoms with Crippen LogP contribution in [0.3, 0.4) is 0 Å². The zero-order valence-electron chi connectivity index (χ0n) is 9.35. The maximum Gasteiger partial charge on any atom is 0.165 e. The topological polar surface area (TPSA) is 74.7 Å². The molecule has 0 radical (unpaired) electrons. The van der Waals surface area contributed by atoms with E-state index in [0.29, 0.717) is 16.6 Å². The third-order valence-corrected chi connectivity index (χ3v) is 5.27. The van der Waals surface area contributed by atoms with Gasteiger partial charge in [0.25, 0.3) is 0 Å². The van der Waals surface area contributed by atoms with Crippen LogP contribution in [-0.2, 0) is 0 Å². The van der Waals surface area contributed by atoms with Crippen molar-refractivity contribution < 1.29 is 0 Å². The van der Waals surface area contributed by atoms with Gasteiger partial charge in [0.2, 0.25) is 0 Å². The molecule has 0 saturated carbocycles. The summed E-state index contributed by atoms with van der Waals surface area (Å²) in [5, 5.41) is 12.7. The van der Waals surface area contributed by atoms with Crippen molar-refractivity contribution in [3.05, 3.63) is 17.8 Å². The fourth-order valence-corrected chi connectivity index (χ4v) is 4.14. The van der Waals surface area contributed by atoms with Crippen molar-refractivity contribution in [3.63, 3.8) is 0 Å². The number of nitriles is 1. The molecule has 1 aromatic heterocycles. The van der Waals surface area contributed by atoms with Gasteiger partial charge in [-0.3, -0.25) is 0 Å². The SMILES string of the molecule is N#Cc1nc(NCC2CSCCS2)ccc1N. The van der Waals surface area contributed by atoms with Crippen LogP contribution >= 0.6 is 23.5 Å². The predicted octanol–water partition coefficient (Wildman–Crippen LogP) is 1.80. The van der Waals surface area contributed by atoms with E-state index in [4.69, 9.17) is 11.0 Å². The second-order valence-electron chi connectivity index (χ2n) is 3.69. The summed E-state index contributed by atoms with van der Waals surface area (Å²) in [5.41, 5.74) is 6.34. The number of rotatable bonds is 3. The highest BCUT2D eigenvalue weighted by molar-refractivity contribution is 8.06. The van der Waals surface area contributed by atoms with Gasteiger partial charge < -0.3 is 11.1 Å². The first-order valence-corrected chi connectivity index (χ1v) is 7.60. The van der Waals surface area contributed by atoms with Crippen molar-refractivity contribution in [1.82, 2.24) is 4.98 Å². The van der Waals surface area contributed by atoms with Crippen LogP contribution in [0.15, 0.2) is 12.1 Å². The molecule has 1 saturated heterocycles. The lowest BCUT2D eigenvalue weighted by atomic mass is 10.3. The van der Waals surface area contributed by atoms with Gasteiger partial charge in [-0.2, -0.15) is 28.8 Å². The van der Waals surface area contributed by atoms with Crippen LogP contribution < -0.4 is 11.1 Å². The Kier molecular flexibility index (Phi) is 4.40. The second-order valence-corrected chi connectivity index (χ2v) is 6.25. The maximum absolute atomic E-state index is 8.83. The Morgan fingerprint density at radius 1 is 1.53 bits per heavy atom. The molecule has 1 aromatic rings. The average molecular weight is 266 g/mol. The monoisotopic (exact) mass is 266 g/mol. The first kappa shape index (κ1) is 12.4. The molecule has 17 heavy (non-hydrogen) atoms. The Labute approximate surface area is 109 Å². The van der Waals surface area contributed by atoms with Crippen molar-refractivity contribution in [2.75, 3.05) is 34.9 Å². The number of aromatic nitrogens is 1. The molecule has 0 amide bonds. The Morgan fingerprint density at radius 2 is 2.41 bits per heavy atom. The van der Waals surface area contributed by atoms with Crippen molar-refractivity contribution >= 4 is 35.0 Å². The van der Waals surface area contributed by atoms with Crippen LogP contribution in [0.25, 0.3) is 0 Å². The molecule has 90 valence electrons. The fraction of sp³-hybridized carbons (Fsp3) is 0.455. The minimum atomic E-state index is 0.292. The number of anilines is 2. The molecule has 1 aliphatic heterocycles. The summed E-state index contributed by atoms with van der Waals surface area (Å²) < 4.78 is 0. The maximum atomic E-state index is 8.83. The van der Waals surface area contributed by atoms with E-state index in [9.17, 15) is 0 Å². The zero-order valence-corrected chi connectivity index (χ0v) is 11.0. The molecule has 0 spiro atoms.